The summed E-state index contributed by atoms with van der Waals surface area (Å²) in [5, 5.41) is 4.28. The van der Waals surface area contributed by atoms with Gasteiger partial charge in [-0.1, -0.05) is 29.3 Å². The standard InChI is InChI=1S/C21H24Cl2N2O2/c1-15-13-19(5-6-20(15)23)27-18-7-10-25(11-8-18)12-9-24-21(26)16-3-2-4-17(22)14-16/h2-6,13-14,18H,7-12H2,1H3,(H,24,26). The molecule has 1 saturated heterocycles. The van der Waals surface area contributed by atoms with Gasteiger partial charge in [-0.15, -0.1) is 0 Å². The summed E-state index contributed by atoms with van der Waals surface area (Å²) in [6.45, 7) is 5.36. The quantitative estimate of drug-likeness (QED) is 0.763. The van der Waals surface area contributed by atoms with Crippen molar-refractivity contribution in [3.05, 3.63) is 63.6 Å². The van der Waals surface area contributed by atoms with Crippen LogP contribution in [0.1, 0.15) is 28.8 Å². The van der Waals surface area contributed by atoms with Gasteiger partial charge in [0.1, 0.15) is 11.9 Å². The Morgan fingerprint density at radius 3 is 2.67 bits per heavy atom. The molecule has 0 aliphatic carbocycles. The van der Waals surface area contributed by atoms with Gasteiger partial charge in [-0.2, -0.15) is 0 Å². The Kier molecular flexibility index (Phi) is 7.00. The molecule has 6 heteroatoms. The summed E-state index contributed by atoms with van der Waals surface area (Å²) < 4.78 is 6.08. The Morgan fingerprint density at radius 1 is 1.19 bits per heavy atom. The molecule has 1 amide bonds. The number of benzene rings is 2. The number of hydrogen-bond donors (Lipinski definition) is 1. The zero-order valence-electron chi connectivity index (χ0n) is 15.4. The fraction of sp³-hybridized carbons (Fsp3) is 0.381. The Hall–Kier alpha value is -1.75. The van der Waals surface area contributed by atoms with E-state index in [4.69, 9.17) is 27.9 Å². The number of nitrogens with zero attached hydrogens (tertiary/aromatic N) is 1. The number of piperidine rings is 1. The van der Waals surface area contributed by atoms with Gasteiger partial charge in [-0.05, 0) is 61.7 Å². The predicted octanol–water partition coefficient (Wildman–Crippen LogP) is 4.58. The molecule has 144 valence electrons. The molecule has 27 heavy (non-hydrogen) atoms. The van der Waals surface area contributed by atoms with Crippen LogP contribution in [0.2, 0.25) is 10.0 Å². The van der Waals surface area contributed by atoms with E-state index in [9.17, 15) is 4.79 Å². The summed E-state index contributed by atoms with van der Waals surface area (Å²) in [6.07, 6.45) is 2.18. The molecule has 1 aliphatic rings. The summed E-state index contributed by atoms with van der Waals surface area (Å²) in [6, 6.07) is 12.8. The first-order valence-electron chi connectivity index (χ1n) is 9.20. The Morgan fingerprint density at radius 2 is 1.96 bits per heavy atom. The summed E-state index contributed by atoms with van der Waals surface area (Å²) in [5.41, 5.74) is 1.62. The molecule has 0 atom stereocenters. The van der Waals surface area contributed by atoms with Crippen LogP contribution in [0.4, 0.5) is 0 Å². The molecule has 3 rings (SSSR count). The van der Waals surface area contributed by atoms with Crippen LogP contribution < -0.4 is 10.1 Å². The second kappa shape index (κ2) is 9.45. The fourth-order valence-corrected chi connectivity index (χ4v) is 3.50. The SMILES string of the molecule is Cc1cc(OC2CCN(CCNC(=O)c3cccc(Cl)c3)CC2)ccc1Cl. The first-order valence-corrected chi connectivity index (χ1v) is 9.96. The van der Waals surface area contributed by atoms with Gasteiger partial charge in [0, 0.05) is 41.8 Å². The minimum atomic E-state index is -0.0890. The van der Waals surface area contributed by atoms with E-state index in [2.05, 4.69) is 10.2 Å². The Labute approximate surface area is 170 Å². The first kappa shape index (κ1) is 20.0. The van der Waals surface area contributed by atoms with Gasteiger partial charge in [-0.25, -0.2) is 0 Å². The lowest BCUT2D eigenvalue weighted by molar-refractivity contribution is 0.0905. The van der Waals surface area contributed by atoms with Crippen LogP contribution in [0, 0.1) is 6.92 Å². The minimum Gasteiger partial charge on any atom is -0.490 e. The number of carbonyl (C=O) groups excluding carboxylic acids is 1. The van der Waals surface area contributed by atoms with Crippen LogP contribution in [0.15, 0.2) is 42.5 Å². The van der Waals surface area contributed by atoms with E-state index in [1.165, 1.54) is 0 Å². The maximum Gasteiger partial charge on any atom is 0.251 e. The van der Waals surface area contributed by atoms with Crippen molar-refractivity contribution in [3.8, 4) is 5.75 Å². The highest BCUT2D eigenvalue weighted by Crippen LogP contribution is 2.24. The normalized spacial score (nSPS) is 15.5. The Bertz CT molecular complexity index is 790. The molecule has 0 bridgehead atoms. The highest BCUT2D eigenvalue weighted by Gasteiger charge is 2.20. The lowest BCUT2D eigenvalue weighted by Gasteiger charge is -2.32. The molecule has 1 aliphatic heterocycles. The molecule has 4 nitrogen and oxygen atoms in total. The number of hydrogen-bond acceptors (Lipinski definition) is 3. The first-order chi connectivity index (χ1) is 13.0. The van der Waals surface area contributed by atoms with Crippen molar-refractivity contribution in [2.45, 2.75) is 25.9 Å². The van der Waals surface area contributed by atoms with Crippen molar-refractivity contribution in [1.82, 2.24) is 10.2 Å². The van der Waals surface area contributed by atoms with E-state index < -0.39 is 0 Å². The third-order valence-corrected chi connectivity index (χ3v) is 5.43. The number of aryl methyl sites for hydroxylation is 1. The zero-order chi connectivity index (χ0) is 19.2. The molecule has 1 fully saturated rings. The summed E-state index contributed by atoms with van der Waals surface area (Å²) in [5.74, 6) is 0.790. The van der Waals surface area contributed by atoms with Gasteiger partial charge < -0.3 is 15.0 Å². The third kappa shape index (κ3) is 5.86. The van der Waals surface area contributed by atoms with E-state index in [0.717, 1.165) is 48.8 Å². The minimum absolute atomic E-state index is 0.0890. The zero-order valence-corrected chi connectivity index (χ0v) is 16.9. The number of amides is 1. The Balaban J connectivity index is 1.38. The third-order valence-electron chi connectivity index (χ3n) is 4.77. The van der Waals surface area contributed by atoms with Crippen LogP contribution in [-0.2, 0) is 0 Å². The van der Waals surface area contributed by atoms with Crippen LogP contribution in [-0.4, -0.2) is 43.1 Å². The van der Waals surface area contributed by atoms with Crippen molar-refractivity contribution >= 4 is 29.1 Å². The molecule has 2 aromatic rings. The highest BCUT2D eigenvalue weighted by molar-refractivity contribution is 6.31. The second-order valence-electron chi connectivity index (χ2n) is 6.84. The number of ether oxygens (including phenoxy) is 1. The van der Waals surface area contributed by atoms with Gasteiger partial charge in [-0.3, -0.25) is 4.79 Å². The molecule has 0 spiro atoms. The molecule has 1 heterocycles. The summed E-state index contributed by atoms with van der Waals surface area (Å²) in [4.78, 5) is 14.5. The largest absolute Gasteiger partial charge is 0.490 e. The molecule has 0 aromatic heterocycles. The second-order valence-corrected chi connectivity index (χ2v) is 7.68. The van der Waals surface area contributed by atoms with Gasteiger partial charge in [0.25, 0.3) is 5.91 Å². The number of nitrogens with one attached hydrogen (secondary N) is 1. The molecular weight excluding hydrogens is 383 g/mol. The summed E-state index contributed by atoms with van der Waals surface area (Å²) >= 11 is 12.0. The van der Waals surface area contributed by atoms with E-state index in [0.29, 0.717) is 17.1 Å². The monoisotopic (exact) mass is 406 g/mol. The lowest BCUT2D eigenvalue weighted by Crippen LogP contribution is -2.42. The van der Waals surface area contributed by atoms with Gasteiger partial charge in [0.05, 0.1) is 0 Å². The van der Waals surface area contributed by atoms with Crippen molar-refractivity contribution in [2.24, 2.45) is 0 Å². The smallest absolute Gasteiger partial charge is 0.251 e. The lowest BCUT2D eigenvalue weighted by atomic mass is 10.1. The van der Waals surface area contributed by atoms with E-state index >= 15 is 0 Å². The fourth-order valence-electron chi connectivity index (χ4n) is 3.19. The van der Waals surface area contributed by atoms with Crippen molar-refractivity contribution in [3.63, 3.8) is 0 Å². The average Bonchev–Trinajstić information content (AvgIpc) is 2.66. The van der Waals surface area contributed by atoms with Crippen molar-refractivity contribution in [2.75, 3.05) is 26.2 Å². The highest BCUT2D eigenvalue weighted by atomic mass is 35.5. The topological polar surface area (TPSA) is 41.6 Å². The molecular formula is C21H24Cl2N2O2. The number of halogens is 2. The van der Waals surface area contributed by atoms with Gasteiger partial charge >= 0.3 is 0 Å². The molecule has 2 aromatic carbocycles. The summed E-state index contributed by atoms with van der Waals surface area (Å²) in [7, 11) is 0. The predicted molar refractivity (Wildman–Crippen MR) is 110 cm³/mol. The molecule has 0 saturated carbocycles. The number of rotatable bonds is 6. The van der Waals surface area contributed by atoms with Crippen molar-refractivity contribution < 1.29 is 9.53 Å². The molecule has 0 unspecified atom stereocenters. The number of likely N-dealkylation sites (tertiary alicyclic amines) is 1. The maximum absolute atomic E-state index is 12.1. The number of carbonyl (C=O) groups is 1. The maximum atomic E-state index is 12.1. The molecule has 0 radical (unpaired) electrons. The van der Waals surface area contributed by atoms with Crippen LogP contribution in [0.5, 0.6) is 5.75 Å². The van der Waals surface area contributed by atoms with Gasteiger partial charge in [0.2, 0.25) is 0 Å². The van der Waals surface area contributed by atoms with Gasteiger partial charge in [0.15, 0.2) is 0 Å². The van der Waals surface area contributed by atoms with Crippen molar-refractivity contribution in [1.29, 1.82) is 0 Å². The average molecular weight is 407 g/mol. The van der Waals surface area contributed by atoms with E-state index in [1.54, 1.807) is 24.3 Å². The van der Waals surface area contributed by atoms with E-state index in [1.807, 2.05) is 25.1 Å². The van der Waals surface area contributed by atoms with Crippen LogP contribution in [0.3, 0.4) is 0 Å². The van der Waals surface area contributed by atoms with Crippen LogP contribution >= 0.6 is 23.2 Å². The van der Waals surface area contributed by atoms with Crippen LogP contribution in [0.25, 0.3) is 0 Å². The molecule has 1 N–H and O–H groups in total. The van der Waals surface area contributed by atoms with E-state index in [-0.39, 0.29) is 12.0 Å².